The maximum absolute atomic E-state index is 12.6. The van der Waals surface area contributed by atoms with Crippen LogP contribution in [0.1, 0.15) is 19.3 Å². The first kappa shape index (κ1) is 7.98. The Balaban J connectivity index is 1.79. The molecule has 1 aliphatic carbocycles. The molecular formula is C8H13FN2O. The predicted octanol–water partition coefficient (Wildman–Crippen LogP) is -0.0350. The van der Waals surface area contributed by atoms with Crippen LogP contribution in [0.25, 0.3) is 0 Å². The van der Waals surface area contributed by atoms with Crippen molar-refractivity contribution in [2.75, 3.05) is 6.54 Å². The van der Waals surface area contributed by atoms with Gasteiger partial charge >= 0.3 is 0 Å². The van der Waals surface area contributed by atoms with Gasteiger partial charge in [0.2, 0.25) is 5.91 Å². The minimum Gasteiger partial charge on any atom is -0.352 e. The number of halogens is 1. The Hall–Kier alpha value is -0.640. The summed E-state index contributed by atoms with van der Waals surface area (Å²) < 4.78 is 12.6. The number of amides is 1. The lowest BCUT2D eigenvalue weighted by molar-refractivity contribution is -0.123. The van der Waals surface area contributed by atoms with Gasteiger partial charge in [0.25, 0.3) is 0 Å². The molecule has 12 heavy (non-hydrogen) atoms. The first-order valence-electron chi connectivity index (χ1n) is 4.43. The van der Waals surface area contributed by atoms with Gasteiger partial charge in [0.05, 0.1) is 6.04 Å². The van der Waals surface area contributed by atoms with E-state index in [2.05, 4.69) is 10.6 Å². The summed E-state index contributed by atoms with van der Waals surface area (Å²) in [7, 11) is 0. The van der Waals surface area contributed by atoms with Gasteiger partial charge < -0.3 is 10.6 Å². The van der Waals surface area contributed by atoms with Crippen molar-refractivity contribution in [2.45, 2.75) is 37.5 Å². The maximum atomic E-state index is 12.6. The van der Waals surface area contributed by atoms with Gasteiger partial charge in [-0.25, -0.2) is 4.39 Å². The summed E-state index contributed by atoms with van der Waals surface area (Å²) in [5, 5.41) is 5.70. The van der Waals surface area contributed by atoms with Crippen molar-refractivity contribution in [3.63, 3.8) is 0 Å². The summed E-state index contributed by atoms with van der Waals surface area (Å²) in [6.45, 7) is 0.322. The van der Waals surface area contributed by atoms with Crippen molar-refractivity contribution in [1.29, 1.82) is 0 Å². The minimum absolute atomic E-state index is 0.0300. The van der Waals surface area contributed by atoms with Crippen molar-refractivity contribution < 1.29 is 9.18 Å². The highest BCUT2D eigenvalue weighted by Gasteiger charge is 2.32. The quantitative estimate of drug-likeness (QED) is 0.614. The number of nitrogens with one attached hydrogen (secondary N) is 2. The molecule has 68 valence electrons. The molecule has 2 fully saturated rings. The van der Waals surface area contributed by atoms with Crippen LogP contribution < -0.4 is 10.6 Å². The molecule has 0 aromatic carbocycles. The van der Waals surface area contributed by atoms with E-state index in [0.717, 1.165) is 12.8 Å². The topological polar surface area (TPSA) is 41.1 Å². The van der Waals surface area contributed by atoms with E-state index >= 15 is 0 Å². The van der Waals surface area contributed by atoms with Crippen LogP contribution in [0.15, 0.2) is 0 Å². The lowest BCUT2D eigenvalue weighted by Gasteiger charge is -2.09. The lowest BCUT2D eigenvalue weighted by Crippen LogP contribution is -2.41. The highest BCUT2D eigenvalue weighted by molar-refractivity contribution is 5.82. The normalized spacial score (nSPS) is 35.1. The third-order valence-electron chi connectivity index (χ3n) is 2.32. The summed E-state index contributed by atoms with van der Waals surface area (Å²) >= 11 is 0. The molecule has 4 heteroatoms. The predicted molar refractivity (Wildman–Crippen MR) is 42.5 cm³/mol. The second-order valence-electron chi connectivity index (χ2n) is 3.58. The van der Waals surface area contributed by atoms with Crippen molar-refractivity contribution in [1.82, 2.24) is 10.6 Å². The number of carbonyl (C=O) groups excluding carboxylic acids is 1. The van der Waals surface area contributed by atoms with Gasteiger partial charge in [0.15, 0.2) is 0 Å². The Morgan fingerprint density at radius 1 is 1.50 bits per heavy atom. The van der Waals surface area contributed by atoms with Crippen LogP contribution in [-0.4, -0.2) is 30.7 Å². The van der Waals surface area contributed by atoms with E-state index in [1.807, 2.05) is 0 Å². The van der Waals surface area contributed by atoms with E-state index in [1.54, 1.807) is 0 Å². The molecule has 0 bridgehead atoms. The molecule has 1 saturated heterocycles. The number of alkyl halides is 1. The SMILES string of the molecule is O=C(NC1CC1)[C@@H]1C[C@H](F)CN1. The molecule has 1 amide bonds. The molecular weight excluding hydrogens is 159 g/mol. The molecule has 2 atom stereocenters. The van der Waals surface area contributed by atoms with E-state index < -0.39 is 6.17 Å². The fourth-order valence-corrected chi connectivity index (χ4v) is 1.42. The largest absolute Gasteiger partial charge is 0.352 e. The molecule has 0 radical (unpaired) electrons. The Morgan fingerprint density at radius 2 is 2.25 bits per heavy atom. The van der Waals surface area contributed by atoms with E-state index in [-0.39, 0.29) is 11.9 Å². The highest BCUT2D eigenvalue weighted by atomic mass is 19.1. The van der Waals surface area contributed by atoms with Gasteiger partial charge in [-0.15, -0.1) is 0 Å². The molecule has 2 rings (SSSR count). The average Bonchev–Trinajstić information content (AvgIpc) is 2.72. The summed E-state index contributed by atoms with van der Waals surface area (Å²) in [6, 6.07) is 0.0820. The summed E-state index contributed by atoms with van der Waals surface area (Å²) in [5.74, 6) is -0.0300. The first-order valence-corrected chi connectivity index (χ1v) is 4.43. The molecule has 1 heterocycles. The van der Waals surface area contributed by atoms with Gasteiger partial charge in [0, 0.05) is 19.0 Å². The third-order valence-corrected chi connectivity index (χ3v) is 2.32. The first-order chi connectivity index (χ1) is 5.75. The molecule has 0 spiro atoms. The molecule has 2 N–H and O–H groups in total. The maximum Gasteiger partial charge on any atom is 0.237 e. The zero-order chi connectivity index (χ0) is 8.55. The number of carbonyl (C=O) groups is 1. The Morgan fingerprint density at radius 3 is 2.75 bits per heavy atom. The van der Waals surface area contributed by atoms with Crippen LogP contribution in [0.4, 0.5) is 4.39 Å². The molecule has 2 aliphatic rings. The summed E-state index contributed by atoms with van der Waals surface area (Å²) in [4.78, 5) is 11.3. The van der Waals surface area contributed by atoms with E-state index in [9.17, 15) is 9.18 Å². The number of hydrogen-bond donors (Lipinski definition) is 2. The smallest absolute Gasteiger partial charge is 0.237 e. The summed E-state index contributed by atoms with van der Waals surface area (Å²) in [5.41, 5.74) is 0. The number of hydrogen-bond acceptors (Lipinski definition) is 2. The van der Waals surface area contributed by atoms with Crippen LogP contribution in [0.2, 0.25) is 0 Å². The van der Waals surface area contributed by atoms with Crippen molar-refractivity contribution >= 4 is 5.91 Å². The van der Waals surface area contributed by atoms with Crippen molar-refractivity contribution in [2.24, 2.45) is 0 Å². The fourth-order valence-electron chi connectivity index (χ4n) is 1.42. The molecule has 0 aromatic heterocycles. The minimum atomic E-state index is -0.847. The van der Waals surface area contributed by atoms with Gasteiger partial charge in [-0.2, -0.15) is 0 Å². The van der Waals surface area contributed by atoms with Crippen molar-refractivity contribution in [3.8, 4) is 0 Å². The van der Waals surface area contributed by atoms with Crippen LogP contribution in [-0.2, 0) is 4.79 Å². The second-order valence-corrected chi connectivity index (χ2v) is 3.58. The van der Waals surface area contributed by atoms with Gasteiger partial charge in [-0.3, -0.25) is 4.79 Å². The van der Waals surface area contributed by atoms with Crippen molar-refractivity contribution in [3.05, 3.63) is 0 Å². The van der Waals surface area contributed by atoms with Gasteiger partial charge in [-0.1, -0.05) is 0 Å². The molecule has 1 saturated carbocycles. The standard InChI is InChI=1S/C8H13FN2O/c9-5-3-7(10-4-5)8(12)11-6-1-2-6/h5-7,10H,1-4H2,(H,11,12)/t5-,7-/m0/s1. The molecule has 3 nitrogen and oxygen atoms in total. The lowest BCUT2D eigenvalue weighted by atomic mass is 10.2. The fraction of sp³-hybridized carbons (Fsp3) is 0.875. The molecule has 0 unspecified atom stereocenters. The van der Waals surface area contributed by atoms with E-state index in [1.165, 1.54) is 0 Å². The zero-order valence-electron chi connectivity index (χ0n) is 6.85. The van der Waals surface area contributed by atoms with Crippen LogP contribution in [0.3, 0.4) is 0 Å². The highest BCUT2D eigenvalue weighted by Crippen LogP contribution is 2.19. The Bertz CT molecular complexity index is 193. The number of rotatable bonds is 2. The third kappa shape index (κ3) is 1.75. The molecule has 1 aliphatic heterocycles. The molecule has 0 aromatic rings. The van der Waals surface area contributed by atoms with Crippen LogP contribution in [0, 0.1) is 0 Å². The average molecular weight is 172 g/mol. The van der Waals surface area contributed by atoms with Crippen LogP contribution in [0.5, 0.6) is 0 Å². The van der Waals surface area contributed by atoms with Gasteiger partial charge in [-0.05, 0) is 12.8 Å². The van der Waals surface area contributed by atoms with Crippen LogP contribution >= 0.6 is 0 Å². The van der Waals surface area contributed by atoms with E-state index in [4.69, 9.17) is 0 Å². The monoisotopic (exact) mass is 172 g/mol. The zero-order valence-corrected chi connectivity index (χ0v) is 6.85. The Kier molecular flexibility index (Phi) is 2.00. The van der Waals surface area contributed by atoms with E-state index in [0.29, 0.717) is 19.0 Å². The summed E-state index contributed by atoms with van der Waals surface area (Å²) in [6.07, 6.45) is 1.65. The Labute approximate surface area is 70.7 Å². The van der Waals surface area contributed by atoms with Gasteiger partial charge in [0.1, 0.15) is 6.17 Å². The second kappa shape index (κ2) is 3.01.